The monoisotopic (exact) mass is 302 g/mol. The summed E-state index contributed by atoms with van der Waals surface area (Å²) in [6.45, 7) is 13.8. The normalized spacial score (nSPS) is 26.9. The minimum atomic E-state index is -0.0562. The lowest BCUT2D eigenvalue weighted by Gasteiger charge is -2.21. The third-order valence-corrected chi connectivity index (χ3v) is 4.15. The van der Waals surface area contributed by atoms with Crippen LogP contribution in [-0.4, -0.2) is 24.0 Å². The van der Waals surface area contributed by atoms with E-state index in [1.165, 1.54) is 0 Å². The van der Waals surface area contributed by atoms with Crippen molar-refractivity contribution < 1.29 is 4.79 Å². The number of nitrogens with one attached hydrogen (secondary N) is 2. The zero-order valence-electron chi connectivity index (χ0n) is 14.1. The van der Waals surface area contributed by atoms with Crippen molar-refractivity contribution >= 4 is 5.91 Å². The highest BCUT2D eigenvalue weighted by molar-refractivity contribution is 5.82. The SMILES string of the molecule is C=C/C=C\C=C(/C=C)C[C@@H](C)NC(=O)C1N[C@H](C)C[C@@H]1CC. The quantitative estimate of drug-likeness (QED) is 0.674. The Hall–Kier alpha value is -1.61. The van der Waals surface area contributed by atoms with Crippen LogP contribution in [0.4, 0.5) is 0 Å². The average molecular weight is 302 g/mol. The van der Waals surface area contributed by atoms with Gasteiger partial charge in [0.25, 0.3) is 0 Å². The maximum Gasteiger partial charge on any atom is 0.237 e. The summed E-state index contributed by atoms with van der Waals surface area (Å²) >= 11 is 0. The molecule has 3 nitrogen and oxygen atoms in total. The molecule has 1 aliphatic heterocycles. The van der Waals surface area contributed by atoms with Gasteiger partial charge in [0.1, 0.15) is 0 Å². The highest BCUT2D eigenvalue weighted by Crippen LogP contribution is 2.23. The Kier molecular flexibility index (Phi) is 7.89. The van der Waals surface area contributed by atoms with E-state index in [0.29, 0.717) is 12.0 Å². The van der Waals surface area contributed by atoms with Gasteiger partial charge in [-0.3, -0.25) is 4.79 Å². The fourth-order valence-corrected chi connectivity index (χ4v) is 3.01. The molecular weight excluding hydrogens is 272 g/mol. The van der Waals surface area contributed by atoms with E-state index in [1.54, 1.807) is 6.08 Å². The summed E-state index contributed by atoms with van der Waals surface area (Å²) in [4.78, 5) is 12.5. The number of rotatable bonds is 8. The summed E-state index contributed by atoms with van der Waals surface area (Å²) in [5.74, 6) is 0.556. The number of allylic oxidation sites excluding steroid dienone is 5. The summed E-state index contributed by atoms with van der Waals surface area (Å²) in [6, 6.07) is 0.451. The van der Waals surface area contributed by atoms with Gasteiger partial charge >= 0.3 is 0 Å². The third kappa shape index (κ3) is 5.64. The average Bonchev–Trinajstić information content (AvgIpc) is 2.87. The Balaban J connectivity index is 2.56. The van der Waals surface area contributed by atoms with E-state index < -0.39 is 0 Å². The molecule has 22 heavy (non-hydrogen) atoms. The Morgan fingerprint density at radius 1 is 1.41 bits per heavy atom. The van der Waals surface area contributed by atoms with E-state index in [-0.39, 0.29) is 18.0 Å². The van der Waals surface area contributed by atoms with Crippen LogP contribution in [0.1, 0.15) is 40.0 Å². The molecule has 1 aliphatic rings. The van der Waals surface area contributed by atoms with Gasteiger partial charge in [0.2, 0.25) is 5.91 Å². The van der Waals surface area contributed by atoms with Gasteiger partial charge in [-0.2, -0.15) is 0 Å². The first-order chi connectivity index (χ1) is 10.5. The van der Waals surface area contributed by atoms with E-state index in [4.69, 9.17) is 0 Å². The Morgan fingerprint density at radius 3 is 2.73 bits per heavy atom. The molecule has 1 rings (SSSR count). The molecule has 0 bridgehead atoms. The maximum absolute atomic E-state index is 12.5. The summed E-state index contributed by atoms with van der Waals surface area (Å²) < 4.78 is 0. The summed E-state index contributed by atoms with van der Waals surface area (Å²) in [7, 11) is 0. The molecule has 4 atom stereocenters. The lowest BCUT2D eigenvalue weighted by molar-refractivity contribution is -0.124. The van der Waals surface area contributed by atoms with Crippen molar-refractivity contribution in [3.8, 4) is 0 Å². The second kappa shape index (κ2) is 9.42. The molecule has 0 aromatic carbocycles. The number of carbonyl (C=O) groups is 1. The summed E-state index contributed by atoms with van der Waals surface area (Å²) in [5.41, 5.74) is 1.10. The molecule has 1 heterocycles. The van der Waals surface area contributed by atoms with Crippen molar-refractivity contribution in [1.82, 2.24) is 10.6 Å². The molecule has 0 aliphatic carbocycles. The maximum atomic E-state index is 12.5. The van der Waals surface area contributed by atoms with Crippen molar-refractivity contribution in [3.63, 3.8) is 0 Å². The zero-order valence-corrected chi connectivity index (χ0v) is 14.1. The molecule has 0 saturated carbocycles. The number of carbonyl (C=O) groups excluding carboxylic acids is 1. The van der Waals surface area contributed by atoms with Crippen molar-refractivity contribution in [2.24, 2.45) is 5.92 Å². The van der Waals surface area contributed by atoms with Crippen LogP contribution >= 0.6 is 0 Å². The minimum Gasteiger partial charge on any atom is -0.352 e. The van der Waals surface area contributed by atoms with E-state index >= 15 is 0 Å². The molecule has 0 aromatic rings. The second-order valence-electron chi connectivity index (χ2n) is 6.13. The van der Waals surface area contributed by atoms with Crippen molar-refractivity contribution in [1.29, 1.82) is 0 Å². The predicted octanol–water partition coefficient (Wildman–Crippen LogP) is 3.51. The van der Waals surface area contributed by atoms with Crippen LogP contribution in [0.3, 0.4) is 0 Å². The fraction of sp³-hybridized carbons (Fsp3) is 0.526. The van der Waals surface area contributed by atoms with Crippen LogP contribution in [-0.2, 0) is 4.79 Å². The van der Waals surface area contributed by atoms with Crippen molar-refractivity contribution in [2.45, 2.75) is 58.2 Å². The van der Waals surface area contributed by atoms with Gasteiger partial charge in [-0.05, 0) is 38.2 Å². The first-order valence-corrected chi connectivity index (χ1v) is 8.18. The lowest BCUT2D eigenvalue weighted by Crippen LogP contribution is -2.47. The number of hydrogen-bond acceptors (Lipinski definition) is 2. The molecule has 0 spiro atoms. The van der Waals surface area contributed by atoms with Gasteiger partial charge in [-0.25, -0.2) is 0 Å². The first-order valence-electron chi connectivity index (χ1n) is 8.18. The van der Waals surface area contributed by atoms with E-state index in [9.17, 15) is 4.79 Å². The molecule has 122 valence electrons. The molecular formula is C19H30N2O. The van der Waals surface area contributed by atoms with Crippen LogP contribution < -0.4 is 10.6 Å². The summed E-state index contributed by atoms with van der Waals surface area (Å²) in [5, 5.41) is 6.53. The van der Waals surface area contributed by atoms with Gasteiger partial charge in [0.15, 0.2) is 0 Å². The van der Waals surface area contributed by atoms with Crippen LogP contribution in [0.2, 0.25) is 0 Å². The largest absolute Gasteiger partial charge is 0.352 e. The Morgan fingerprint density at radius 2 is 2.14 bits per heavy atom. The first kappa shape index (κ1) is 18.4. The summed E-state index contributed by atoms with van der Waals surface area (Å²) in [6.07, 6.45) is 12.3. The van der Waals surface area contributed by atoms with E-state index in [2.05, 4.69) is 37.6 Å². The standard InChI is InChI=1S/C19H30N2O/c1-6-9-10-11-16(7-2)12-14(4)21-19(22)18-17(8-3)13-15(5)20-18/h6-7,9-11,14-15,17-18,20H,1-2,8,12-13H2,3-5H3,(H,21,22)/b10-9-,16-11+/t14-,15-,17+,18?/m1/s1. The van der Waals surface area contributed by atoms with Gasteiger partial charge in [-0.15, -0.1) is 0 Å². The van der Waals surface area contributed by atoms with Crippen LogP contribution in [0, 0.1) is 5.92 Å². The van der Waals surface area contributed by atoms with Crippen LogP contribution in [0.15, 0.2) is 49.1 Å². The fourth-order valence-electron chi connectivity index (χ4n) is 3.01. The molecule has 1 fully saturated rings. The van der Waals surface area contributed by atoms with E-state index in [0.717, 1.165) is 24.8 Å². The van der Waals surface area contributed by atoms with Gasteiger partial charge < -0.3 is 10.6 Å². The zero-order chi connectivity index (χ0) is 16.5. The smallest absolute Gasteiger partial charge is 0.237 e. The minimum absolute atomic E-state index is 0.0562. The van der Waals surface area contributed by atoms with Crippen LogP contribution in [0.25, 0.3) is 0 Å². The van der Waals surface area contributed by atoms with Crippen molar-refractivity contribution in [2.75, 3.05) is 0 Å². The topological polar surface area (TPSA) is 41.1 Å². The second-order valence-corrected chi connectivity index (χ2v) is 6.13. The lowest BCUT2D eigenvalue weighted by atomic mass is 9.95. The number of hydrogen-bond donors (Lipinski definition) is 2. The Labute approximate surface area is 135 Å². The molecule has 0 aromatic heterocycles. The van der Waals surface area contributed by atoms with Gasteiger partial charge in [-0.1, -0.05) is 56.9 Å². The van der Waals surface area contributed by atoms with E-state index in [1.807, 2.05) is 31.2 Å². The molecule has 1 saturated heterocycles. The molecule has 2 N–H and O–H groups in total. The molecule has 0 radical (unpaired) electrons. The van der Waals surface area contributed by atoms with Gasteiger partial charge in [0, 0.05) is 12.1 Å². The highest BCUT2D eigenvalue weighted by Gasteiger charge is 2.35. The molecule has 1 amide bonds. The molecule has 1 unspecified atom stereocenters. The molecule has 3 heteroatoms. The van der Waals surface area contributed by atoms with Gasteiger partial charge in [0.05, 0.1) is 6.04 Å². The highest BCUT2D eigenvalue weighted by atomic mass is 16.2. The number of amides is 1. The Bertz CT molecular complexity index is 450. The predicted molar refractivity (Wildman–Crippen MR) is 94.6 cm³/mol. The van der Waals surface area contributed by atoms with Crippen LogP contribution in [0.5, 0.6) is 0 Å². The van der Waals surface area contributed by atoms with Crippen molar-refractivity contribution in [3.05, 3.63) is 49.1 Å². The third-order valence-electron chi connectivity index (χ3n) is 4.15.